The van der Waals surface area contributed by atoms with Crippen LogP contribution in [0.5, 0.6) is 0 Å². The minimum absolute atomic E-state index is 0.0212. The van der Waals surface area contributed by atoms with Gasteiger partial charge in [0.2, 0.25) is 5.91 Å². The van der Waals surface area contributed by atoms with Gasteiger partial charge in [0.25, 0.3) is 0 Å². The Balaban J connectivity index is 2.00. The number of rotatable bonds is 5. The third kappa shape index (κ3) is 4.22. The van der Waals surface area contributed by atoms with Crippen molar-refractivity contribution in [2.45, 2.75) is 32.4 Å². The molecule has 5 heteroatoms. The maximum Gasteiger partial charge on any atom is 0.224 e. The van der Waals surface area contributed by atoms with Crippen LogP contribution in [0.1, 0.15) is 20.3 Å². The molecule has 2 rings (SSSR count). The van der Waals surface area contributed by atoms with Crippen molar-refractivity contribution >= 4 is 28.4 Å². The van der Waals surface area contributed by atoms with Gasteiger partial charge in [0.05, 0.1) is 5.60 Å². The molecule has 0 saturated heterocycles. The van der Waals surface area contributed by atoms with Crippen molar-refractivity contribution < 1.29 is 9.90 Å². The maximum atomic E-state index is 12.1. The fourth-order valence-electron chi connectivity index (χ4n) is 2.44. The summed E-state index contributed by atoms with van der Waals surface area (Å²) in [6, 6.07) is 7.72. The molecule has 0 unspecified atom stereocenters. The molecule has 0 fully saturated rings. The normalized spacial score (nSPS) is 11.9. The number of benzene rings is 1. The lowest BCUT2D eigenvalue weighted by Crippen LogP contribution is -2.39. The third-order valence-electron chi connectivity index (χ3n) is 3.35. The van der Waals surface area contributed by atoms with E-state index in [9.17, 15) is 9.90 Å². The first kappa shape index (κ1) is 15.9. The molecule has 114 valence electrons. The Kier molecular flexibility index (Phi) is 4.59. The van der Waals surface area contributed by atoms with Gasteiger partial charge in [-0.3, -0.25) is 4.79 Å². The molecule has 21 heavy (non-hydrogen) atoms. The van der Waals surface area contributed by atoms with Gasteiger partial charge in [-0.05, 0) is 38.1 Å². The fourth-order valence-corrected chi connectivity index (χ4v) is 2.62. The zero-order chi connectivity index (χ0) is 15.6. The maximum absolute atomic E-state index is 12.1. The van der Waals surface area contributed by atoms with Crippen molar-refractivity contribution in [3.63, 3.8) is 0 Å². The van der Waals surface area contributed by atoms with Crippen LogP contribution in [-0.2, 0) is 11.3 Å². The quantitative estimate of drug-likeness (QED) is 0.923. The lowest BCUT2D eigenvalue weighted by Gasteiger charge is -2.25. The summed E-state index contributed by atoms with van der Waals surface area (Å²) in [5.41, 5.74) is 0.193. The molecule has 1 amide bonds. The second-order valence-electron chi connectivity index (χ2n) is 6.02. The molecular weight excluding hydrogens is 288 g/mol. The van der Waals surface area contributed by atoms with Crippen molar-refractivity contribution in [1.29, 1.82) is 0 Å². The van der Waals surface area contributed by atoms with Crippen LogP contribution in [-0.4, -0.2) is 39.7 Å². The van der Waals surface area contributed by atoms with E-state index < -0.39 is 5.60 Å². The summed E-state index contributed by atoms with van der Waals surface area (Å²) in [5.74, 6) is 0.0212. The highest BCUT2D eigenvalue weighted by Gasteiger charge is 2.19. The van der Waals surface area contributed by atoms with Gasteiger partial charge in [0.1, 0.15) is 0 Å². The predicted molar refractivity (Wildman–Crippen MR) is 85.5 cm³/mol. The minimum Gasteiger partial charge on any atom is -0.389 e. The van der Waals surface area contributed by atoms with E-state index in [-0.39, 0.29) is 5.91 Å². The number of amides is 1. The molecule has 0 aliphatic heterocycles. The summed E-state index contributed by atoms with van der Waals surface area (Å²) in [6.45, 7) is 4.33. The van der Waals surface area contributed by atoms with Gasteiger partial charge in [-0.1, -0.05) is 11.6 Å². The lowest BCUT2D eigenvalue weighted by atomic mass is 10.1. The standard InChI is InChI=1S/C16H21ClN2O2/c1-16(2,21)11-18(3)15(20)7-9-19-8-6-12-10-13(17)4-5-14(12)19/h4-6,8,10,21H,7,9,11H2,1-3H3. The van der Waals surface area contributed by atoms with E-state index in [1.54, 1.807) is 25.8 Å². The smallest absolute Gasteiger partial charge is 0.224 e. The monoisotopic (exact) mass is 308 g/mol. The van der Waals surface area contributed by atoms with Crippen LogP contribution in [0.15, 0.2) is 30.5 Å². The van der Waals surface area contributed by atoms with Crippen molar-refractivity contribution in [3.05, 3.63) is 35.5 Å². The number of carbonyl (C=O) groups excluding carboxylic acids is 1. The first-order valence-electron chi connectivity index (χ1n) is 6.97. The number of halogens is 1. The average molecular weight is 309 g/mol. The number of hydrogen-bond donors (Lipinski definition) is 1. The molecule has 0 aliphatic carbocycles. The SMILES string of the molecule is CN(CC(C)(C)O)C(=O)CCn1ccc2cc(Cl)ccc21. The van der Waals surface area contributed by atoms with E-state index in [2.05, 4.69) is 0 Å². The molecule has 0 atom stereocenters. The van der Waals surface area contributed by atoms with Crippen LogP contribution in [0, 0.1) is 0 Å². The largest absolute Gasteiger partial charge is 0.389 e. The number of aromatic nitrogens is 1. The van der Waals surface area contributed by atoms with Crippen molar-refractivity contribution in [2.75, 3.05) is 13.6 Å². The first-order valence-corrected chi connectivity index (χ1v) is 7.35. The number of carbonyl (C=O) groups is 1. The van der Waals surface area contributed by atoms with E-state index in [0.29, 0.717) is 24.5 Å². The average Bonchev–Trinajstić information content (AvgIpc) is 2.76. The molecule has 2 aromatic rings. The Bertz CT molecular complexity index is 643. The highest BCUT2D eigenvalue weighted by Crippen LogP contribution is 2.20. The van der Waals surface area contributed by atoms with Crippen LogP contribution < -0.4 is 0 Å². The summed E-state index contributed by atoms with van der Waals surface area (Å²) in [6.07, 6.45) is 2.36. The third-order valence-corrected chi connectivity index (χ3v) is 3.58. The van der Waals surface area contributed by atoms with Crippen LogP contribution in [0.4, 0.5) is 0 Å². The molecule has 1 aromatic heterocycles. The Hall–Kier alpha value is -1.52. The van der Waals surface area contributed by atoms with Gasteiger partial charge in [0.15, 0.2) is 0 Å². The van der Waals surface area contributed by atoms with Crippen LogP contribution in [0.3, 0.4) is 0 Å². The fraction of sp³-hybridized carbons (Fsp3) is 0.438. The van der Waals surface area contributed by atoms with E-state index >= 15 is 0 Å². The number of likely N-dealkylation sites (N-methyl/N-ethyl adjacent to an activating group) is 1. The number of nitrogens with zero attached hydrogens (tertiary/aromatic N) is 2. The lowest BCUT2D eigenvalue weighted by molar-refractivity contribution is -0.132. The highest BCUT2D eigenvalue weighted by atomic mass is 35.5. The molecule has 0 spiro atoms. The summed E-state index contributed by atoms with van der Waals surface area (Å²) in [7, 11) is 1.72. The van der Waals surface area contributed by atoms with Gasteiger partial charge in [-0.2, -0.15) is 0 Å². The summed E-state index contributed by atoms with van der Waals surface area (Å²) in [5, 5.41) is 11.5. The molecule has 1 heterocycles. The Labute approximate surface area is 129 Å². The van der Waals surface area contributed by atoms with Crippen molar-refractivity contribution in [2.24, 2.45) is 0 Å². The minimum atomic E-state index is -0.874. The van der Waals surface area contributed by atoms with Crippen molar-refractivity contribution in [3.8, 4) is 0 Å². The van der Waals surface area contributed by atoms with E-state index in [4.69, 9.17) is 11.6 Å². The van der Waals surface area contributed by atoms with Crippen LogP contribution in [0.25, 0.3) is 10.9 Å². The predicted octanol–water partition coefficient (Wildman–Crippen LogP) is 2.91. The summed E-state index contributed by atoms with van der Waals surface area (Å²) >= 11 is 5.96. The van der Waals surface area contributed by atoms with Gasteiger partial charge >= 0.3 is 0 Å². The number of hydrogen-bond acceptors (Lipinski definition) is 2. The zero-order valence-corrected chi connectivity index (χ0v) is 13.4. The first-order chi connectivity index (χ1) is 9.76. The summed E-state index contributed by atoms with van der Waals surface area (Å²) in [4.78, 5) is 13.7. The van der Waals surface area contributed by atoms with Gasteiger partial charge in [-0.25, -0.2) is 0 Å². The van der Waals surface area contributed by atoms with Crippen LogP contribution in [0.2, 0.25) is 5.02 Å². The summed E-state index contributed by atoms with van der Waals surface area (Å²) < 4.78 is 2.04. The highest BCUT2D eigenvalue weighted by molar-refractivity contribution is 6.31. The second kappa shape index (κ2) is 6.08. The molecule has 1 N–H and O–H groups in total. The van der Waals surface area contributed by atoms with Crippen molar-refractivity contribution in [1.82, 2.24) is 9.47 Å². The molecule has 0 bridgehead atoms. The number of fused-ring (bicyclic) bond motifs is 1. The zero-order valence-electron chi connectivity index (χ0n) is 12.6. The Morgan fingerprint density at radius 1 is 1.38 bits per heavy atom. The van der Waals surface area contributed by atoms with Gasteiger partial charge in [-0.15, -0.1) is 0 Å². The second-order valence-corrected chi connectivity index (χ2v) is 6.46. The molecule has 0 saturated carbocycles. The molecular formula is C16H21ClN2O2. The van der Waals surface area contributed by atoms with Gasteiger partial charge in [0, 0.05) is 48.7 Å². The number of aliphatic hydroxyl groups is 1. The van der Waals surface area contributed by atoms with Gasteiger partial charge < -0.3 is 14.6 Å². The van der Waals surface area contributed by atoms with E-state index in [1.165, 1.54) is 0 Å². The number of aryl methyl sites for hydroxylation is 1. The topological polar surface area (TPSA) is 45.5 Å². The molecule has 0 radical (unpaired) electrons. The molecule has 0 aliphatic rings. The van der Waals surface area contributed by atoms with E-state index in [0.717, 1.165) is 10.9 Å². The molecule has 4 nitrogen and oxygen atoms in total. The molecule has 1 aromatic carbocycles. The van der Waals surface area contributed by atoms with Crippen LogP contribution >= 0.6 is 11.6 Å². The van der Waals surface area contributed by atoms with E-state index in [1.807, 2.05) is 35.0 Å². The Morgan fingerprint density at radius 2 is 2.10 bits per heavy atom. The Morgan fingerprint density at radius 3 is 2.76 bits per heavy atom.